The SMILES string of the molecule is Cc1ccc2nc(NC(=O)OC[C@H](CC(C)C)N(C)C(=O)NCc3ccccc3Cl)sc2c1. The van der Waals surface area contributed by atoms with Gasteiger partial charge in [-0.25, -0.2) is 14.6 Å². The molecule has 0 saturated heterocycles. The lowest BCUT2D eigenvalue weighted by Crippen LogP contribution is -2.46. The van der Waals surface area contributed by atoms with Crippen LogP contribution in [0.4, 0.5) is 14.7 Å². The molecule has 7 nitrogen and oxygen atoms in total. The molecule has 1 heterocycles. The standard InChI is InChI=1S/C24H29ClN4O3S/c1-15(2)11-18(29(4)23(30)26-13-17-7-5-6-8-19(17)25)14-32-24(31)28-22-27-20-10-9-16(3)12-21(20)33-22/h5-10,12,15,18H,11,13-14H2,1-4H3,(H,26,30)(H,27,28,31)/t18-/m0/s1. The Balaban J connectivity index is 1.56. The van der Waals surface area contributed by atoms with Crippen molar-refractivity contribution in [2.24, 2.45) is 5.92 Å². The molecule has 2 N–H and O–H groups in total. The summed E-state index contributed by atoms with van der Waals surface area (Å²) in [6, 6.07) is 12.8. The van der Waals surface area contributed by atoms with Crippen LogP contribution in [0.1, 0.15) is 31.4 Å². The zero-order valence-electron chi connectivity index (χ0n) is 19.2. The number of ether oxygens (including phenoxy) is 1. The number of nitrogens with one attached hydrogen (secondary N) is 2. The van der Waals surface area contributed by atoms with Crippen LogP contribution in [0, 0.1) is 12.8 Å². The summed E-state index contributed by atoms with van der Waals surface area (Å²) in [4.78, 5) is 31.1. The van der Waals surface area contributed by atoms with Gasteiger partial charge in [-0.05, 0) is 48.6 Å². The summed E-state index contributed by atoms with van der Waals surface area (Å²) in [6.45, 7) is 6.52. The number of halogens is 1. The van der Waals surface area contributed by atoms with Crippen LogP contribution >= 0.6 is 22.9 Å². The highest BCUT2D eigenvalue weighted by Crippen LogP contribution is 2.26. The molecule has 0 aliphatic heterocycles. The van der Waals surface area contributed by atoms with Crippen molar-refractivity contribution in [2.45, 2.75) is 39.8 Å². The third-order valence-electron chi connectivity index (χ3n) is 5.16. The van der Waals surface area contributed by atoms with E-state index in [0.717, 1.165) is 21.3 Å². The predicted molar refractivity (Wildman–Crippen MR) is 134 cm³/mol. The minimum atomic E-state index is -0.593. The van der Waals surface area contributed by atoms with Gasteiger partial charge in [0.05, 0.1) is 16.3 Å². The molecule has 1 atom stereocenters. The van der Waals surface area contributed by atoms with E-state index in [0.29, 0.717) is 29.0 Å². The van der Waals surface area contributed by atoms with Crippen LogP contribution in [0.3, 0.4) is 0 Å². The van der Waals surface area contributed by atoms with E-state index in [1.165, 1.54) is 11.3 Å². The van der Waals surface area contributed by atoms with Gasteiger partial charge >= 0.3 is 12.1 Å². The molecule has 9 heteroatoms. The quantitative estimate of drug-likeness (QED) is 0.403. The van der Waals surface area contributed by atoms with Gasteiger partial charge in [0.15, 0.2) is 5.13 Å². The molecule has 0 bridgehead atoms. The van der Waals surface area contributed by atoms with Gasteiger partial charge in [-0.2, -0.15) is 0 Å². The number of hydrogen-bond donors (Lipinski definition) is 2. The molecular weight excluding hydrogens is 460 g/mol. The van der Waals surface area contributed by atoms with E-state index in [1.807, 2.05) is 43.3 Å². The van der Waals surface area contributed by atoms with Crippen molar-refractivity contribution >= 4 is 50.4 Å². The number of amides is 3. The molecule has 3 rings (SSSR count). The van der Waals surface area contributed by atoms with E-state index in [1.54, 1.807) is 18.0 Å². The van der Waals surface area contributed by atoms with Gasteiger partial charge in [-0.15, -0.1) is 0 Å². The highest BCUT2D eigenvalue weighted by atomic mass is 35.5. The molecule has 0 unspecified atom stereocenters. The number of nitrogens with zero attached hydrogens (tertiary/aromatic N) is 2. The zero-order valence-corrected chi connectivity index (χ0v) is 20.8. The molecule has 0 fully saturated rings. The van der Waals surface area contributed by atoms with E-state index in [-0.39, 0.29) is 18.7 Å². The van der Waals surface area contributed by atoms with E-state index < -0.39 is 6.09 Å². The lowest BCUT2D eigenvalue weighted by molar-refractivity contribution is 0.109. The molecule has 3 amide bonds. The normalized spacial score (nSPS) is 11.9. The van der Waals surface area contributed by atoms with Gasteiger partial charge in [0.1, 0.15) is 6.61 Å². The fourth-order valence-corrected chi connectivity index (χ4v) is 4.52. The maximum Gasteiger partial charge on any atom is 0.413 e. The van der Waals surface area contributed by atoms with Gasteiger partial charge in [0.2, 0.25) is 0 Å². The number of thiazole rings is 1. The van der Waals surface area contributed by atoms with Gasteiger partial charge < -0.3 is 15.0 Å². The van der Waals surface area contributed by atoms with Gasteiger partial charge in [0, 0.05) is 18.6 Å². The van der Waals surface area contributed by atoms with Crippen molar-refractivity contribution in [3.8, 4) is 0 Å². The second-order valence-corrected chi connectivity index (χ2v) is 9.80. The van der Waals surface area contributed by atoms with Crippen molar-refractivity contribution in [2.75, 3.05) is 19.0 Å². The summed E-state index contributed by atoms with van der Waals surface area (Å²) in [5, 5.41) is 6.65. The number of likely N-dealkylation sites (N-methyl/N-ethyl adjacent to an activating group) is 1. The summed E-state index contributed by atoms with van der Waals surface area (Å²) in [5.41, 5.74) is 2.80. The van der Waals surface area contributed by atoms with Crippen molar-refractivity contribution in [3.05, 3.63) is 58.6 Å². The predicted octanol–water partition coefficient (Wildman–Crippen LogP) is 6.06. The van der Waals surface area contributed by atoms with Crippen molar-refractivity contribution in [1.29, 1.82) is 0 Å². The number of fused-ring (bicyclic) bond motifs is 1. The molecule has 3 aromatic rings. The Morgan fingerprint density at radius 1 is 1.21 bits per heavy atom. The molecule has 0 aliphatic carbocycles. The Kier molecular flexibility index (Phi) is 8.52. The van der Waals surface area contributed by atoms with Crippen molar-refractivity contribution in [1.82, 2.24) is 15.2 Å². The molecule has 1 aromatic heterocycles. The van der Waals surface area contributed by atoms with E-state index in [4.69, 9.17) is 16.3 Å². The molecule has 176 valence electrons. The number of urea groups is 1. The highest BCUT2D eigenvalue weighted by molar-refractivity contribution is 7.22. The van der Waals surface area contributed by atoms with Gasteiger partial charge in [-0.1, -0.05) is 61.1 Å². The van der Waals surface area contributed by atoms with Gasteiger partial charge in [0.25, 0.3) is 0 Å². The number of hydrogen-bond acceptors (Lipinski definition) is 5. The molecule has 2 aromatic carbocycles. The van der Waals surface area contributed by atoms with Crippen LogP contribution in [0.15, 0.2) is 42.5 Å². The third-order valence-corrected chi connectivity index (χ3v) is 6.46. The number of aromatic nitrogens is 1. The third kappa shape index (κ3) is 7.07. The second kappa shape index (κ2) is 11.3. The number of rotatable bonds is 8. The number of carbonyl (C=O) groups excluding carboxylic acids is 2. The lowest BCUT2D eigenvalue weighted by atomic mass is 10.0. The Bertz CT molecular complexity index is 1120. The molecule has 0 spiro atoms. The van der Waals surface area contributed by atoms with Crippen LogP contribution in [0.25, 0.3) is 10.2 Å². The Hall–Kier alpha value is -2.84. The smallest absolute Gasteiger partial charge is 0.413 e. The summed E-state index contributed by atoms with van der Waals surface area (Å²) in [7, 11) is 1.70. The average molecular weight is 489 g/mol. The summed E-state index contributed by atoms with van der Waals surface area (Å²) in [5.74, 6) is 0.313. The van der Waals surface area contributed by atoms with Crippen molar-refractivity contribution < 1.29 is 14.3 Å². The summed E-state index contributed by atoms with van der Waals surface area (Å²) >= 11 is 7.56. The summed E-state index contributed by atoms with van der Waals surface area (Å²) in [6.07, 6.45) is 0.0911. The Morgan fingerprint density at radius 2 is 1.97 bits per heavy atom. The number of anilines is 1. The Labute approximate surface area is 203 Å². The monoisotopic (exact) mass is 488 g/mol. The molecule has 33 heavy (non-hydrogen) atoms. The first-order valence-corrected chi connectivity index (χ1v) is 12.0. The second-order valence-electron chi connectivity index (χ2n) is 8.36. The molecule has 0 saturated carbocycles. The minimum Gasteiger partial charge on any atom is -0.447 e. The molecule has 0 radical (unpaired) electrons. The van der Waals surface area contributed by atoms with Crippen LogP contribution < -0.4 is 10.6 Å². The number of benzene rings is 2. The number of aryl methyl sites for hydroxylation is 1. The molecule has 0 aliphatic rings. The van der Waals surface area contributed by atoms with Crippen LogP contribution in [-0.4, -0.2) is 41.7 Å². The first-order valence-electron chi connectivity index (χ1n) is 10.8. The largest absolute Gasteiger partial charge is 0.447 e. The van der Waals surface area contributed by atoms with E-state index in [2.05, 4.69) is 29.5 Å². The van der Waals surface area contributed by atoms with Crippen LogP contribution in [0.5, 0.6) is 0 Å². The number of carbonyl (C=O) groups is 2. The highest BCUT2D eigenvalue weighted by Gasteiger charge is 2.23. The van der Waals surface area contributed by atoms with Crippen LogP contribution in [-0.2, 0) is 11.3 Å². The van der Waals surface area contributed by atoms with Crippen molar-refractivity contribution in [3.63, 3.8) is 0 Å². The molecular formula is C24H29ClN4O3S. The van der Waals surface area contributed by atoms with Crippen LogP contribution in [0.2, 0.25) is 5.02 Å². The maximum absolute atomic E-state index is 12.7. The topological polar surface area (TPSA) is 83.6 Å². The fourth-order valence-electron chi connectivity index (χ4n) is 3.37. The average Bonchev–Trinajstić information content (AvgIpc) is 3.16. The first-order chi connectivity index (χ1) is 15.7. The van der Waals surface area contributed by atoms with Gasteiger partial charge in [-0.3, -0.25) is 5.32 Å². The fraction of sp³-hybridized carbons (Fsp3) is 0.375. The Morgan fingerprint density at radius 3 is 2.70 bits per heavy atom. The summed E-state index contributed by atoms with van der Waals surface area (Å²) < 4.78 is 6.45. The first kappa shape index (κ1) is 24.8. The zero-order chi connectivity index (χ0) is 24.0. The van der Waals surface area contributed by atoms with E-state index in [9.17, 15) is 9.59 Å². The maximum atomic E-state index is 12.7. The van der Waals surface area contributed by atoms with E-state index >= 15 is 0 Å². The lowest BCUT2D eigenvalue weighted by Gasteiger charge is -2.29. The minimum absolute atomic E-state index is 0.0734.